The zero-order valence-corrected chi connectivity index (χ0v) is 14.5. The number of carbonyl (C=O) groups excluding carboxylic acids is 1. The number of halogens is 2. The first-order valence-corrected chi connectivity index (χ1v) is 8.66. The lowest BCUT2D eigenvalue weighted by Gasteiger charge is -2.21. The van der Waals surface area contributed by atoms with Gasteiger partial charge in [0.2, 0.25) is 11.7 Å². The van der Waals surface area contributed by atoms with Crippen LogP contribution in [-0.4, -0.2) is 27.5 Å². The number of aromatic nitrogens is 2. The highest BCUT2D eigenvalue weighted by Gasteiger charge is 2.34. The van der Waals surface area contributed by atoms with Crippen molar-refractivity contribution in [3.63, 3.8) is 0 Å². The molecule has 1 saturated heterocycles. The quantitative estimate of drug-likeness (QED) is 0.679. The normalized spacial score (nSPS) is 16.8. The van der Waals surface area contributed by atoms with Crippen LogP contribution in [0.25, 0.3) is 11.4 Å². The number of carbonyl (C=O) groups is 1. The minimum atomic E-state index is -0.437. The molecule has 26 heavy (non-hydrogen) atoms. The molecular weight excluding hydrogens is 357 g/mol. The minimum absolute atomic E-state index is 0.241. The van der Waals surface area contributed by atoms with E-state index in [1.54, 1.807) is 23.1 Å². The molecule has 1 amide bonds. The Hall–Kier alpha value is -2.73. The third kappa shape index (κ3) is 3.20. The number of amides is 1. The van der Waals surface area contributed by atoms with Gasteiger partial charge in [0.25, 0.3) is 5.91 Å². The van der Waals surface area contributed by atoms with Crippen molar-refractivity contribution >= 4 is 17.5 Å². The van der Waals surface area contributed by atoms with E-state index in [0.717, 1.165) is 18.4 Å². The average molecular weight is 372 g/mol. The van der Waals surface area contributed by atoms with E-state index in [9.17, 15) is 9.18 Å². The van der Waals surface area contributed by atoms with Crippen molar-refractivity contribution in [3.05, 3.63) is 70.8 Å². The largest absolute Gasteiger partial charge is 0.337 e. The molecule has 0 radical (unpaired) electrons. The summed E-state index contributed by atoms with van der Waals surface area (Å²) in [6.45, 7) is 0.564. The zero-order chi connectivity index (χ0) is 18.1. The van der Waals surface area contributed by atoms with Crippen molar-refractivity contribution in [2.45, 2.75) is 18.9 Å². The van der Waals surface area contributed by atoms with E-state index in [1.165, 1.54) is 18.2 Å². The third-order valence-electron chi connectivity index (χ3n) is 4.39. The molecule has 0 N–H and O–H groups in total. The van der Waals surface area contributed by atoms with E-state index >= 15 is 0 Å². The second kappa shape index (κ2) is 6.88. The van der Waals surface area contributed by atoms with Gasteiger partial charge in [-0.1, -0.05) is 35.0 Å². The monoisotopic (exact) mass is 371 g/mol. The summed E-state index contributed by atoms with van der Waals surface area (Å²) >= 11 is 6.00. The molecule has 5 nitrogen and oxygen atoms in total. The molecule has 0 saturated carbocycles. The van der Waals surface area contributed by atoms with Crippen LogP contribution in [0, 0.1) is 5.82 Å². The maximum atomic E-state index is 13.4. The highest BCUT2D eigenvalue weighted by molar-refractivity contribution is 6.30. The van der Waals surface area contributed by atoms with Crippen molar-refractivity contribution in [2.24, 2.45) is 0 Å². The standard InChI is InChI=1S/C19H15ClFN3O2/c20-14-6-1-4-12(10-14)17-22-18(26-23-17)16-8-3-9-24(16)19(25)13-5-2-7-15(21)11-13/h1-2,4-7,10-11,16H,3,8-9H2. The molecule has 2 heterocycles. The Balaban J connectivity index is 1.60. The molecule has 1 aliphatic rings. The van der Waals surface area contributed by atoms with Crippen molar-refractivity contribution < 1.29 is 13.7 Å². The fraction of sp³-hybridized carbons (Fsp3) is 0.211. The topological polar surface area (TPSA) is 59.2 Å². The van der Waals surface area contributed by atoms with Gasteiger partial charge < -0.3 is 9.42 Å². The maximum Gasteiger partial charge on any atom is 0.254 e. The van der Waals surface area contributed by atoms with Crippen LogP contribution < -0.4 is 0 Å². The average Bonchev–Trinajstić information content (AvgIpc) is 3.30. The summed E-state index contributed by atoms with van der Waals surface area (Å²) in [5.74, 6) is 0.122. The molecular formula is C19H15ClFN3O2. The van der Waals surface area contributed by atoms with Gasteiger partial charge in [-0.25, -0.2) is 4.39 Å². The molecule has 1 aromatic heterocycles. The van der Waals surface area contributed by atoms with Gasteiger partial charge in [-0.05, 0) is 43.2 Å². The Morgan fingerprint density at radius 1 is 1.23 bits per heavy atom. The van der Waals surface area contributed by atoms with E-state index in [2.05, 4.69) is 10.1 Å². The Morgan fingerprint density at radius 3 is 2.88 bits per heavy atom. The maximum absolute atomic E-state index is 13.4. The van der Waals surface area contributed by atoms with Gasteiger partial charge in [-0.2, -0.15) is 4.98 Å². The predicted octanol–water partition coefficient (Wildman–Crippen LogP) is 4.51. The summed E-state index contributed by atoms with van der Waals surface area (Å²) in [6, 6.07) is 12.5. The van der Waals surface area contributed by atoms with Gasteiger partial charge in [-0.15, -0.1) is 0 Å². The zero-order valence-electron chi connectivity index (χ0n) is 13.7. The molecule has 0 aliphatic carbocycles. The molecule has 2 aromatic carbocycles. The lowest BCUT2D eigenvalue weighted by molar-refractivity contribution is 0.0709. The lowest BCUT2D eigenvalue weighted by Crippen LogP contribution is -2.30. The minimum Gasteiger partial charge on any atom is -0.337 e. The van der Waals surface area contributed by atoms with Crippen molar-refractivity contribution in [1.29, 1.82) is 0 Å². The van der Waals surface area contributed by atoms with Crippen molar-refractivity contribution in [3.8, 4) is 11.4 Å². The van der Waals surface area contributed by atoms with Crippen LogP contribution in [0.1, 0.15) is 35.1 Å². The summed E-state index contributed by atoms with van der Waals surface area (Å²) in [6.07, 6.45) is 1.54. The van der Waals surface area contributed by atoms with Crippen LogP contribution in [0.15, 0.2) is 53.1 Å². The number of likely N-dealkylation sites (tertiary alicyclic amines) is 1. The van der Waals surface area contributed by atoms with Crippen molar-refractivity contribution in [2.75, 3.05) is 6.54 Å². The van der Waals surface area contributed by atoms with Crippen molar-refractivity contribution in [1.82, 2.24) is 15.0 Å². The van der Waals surface area contributed by atoms with Gasteiger partial charge >= 0.3 is 0 Å². The summed E-state index contributed by atoms with van der Waals surface area (Å²) in [4.78, 5) is 18.9. The molecule has 1 unspecified atom stereocenters. The third-order valence-corrected chi connectivity index (χ3v) is 4.63. The molecule has 0 bridgehead atoms. The van der Waals surface area contributed by atoms with E-state index in [1.807, 2.05) is 12.1 Å². The molecule has 1 atom stereocenters. The second-order valence-electron chi connectivity index (χ2n) is 6.13. The number of hydrogen-bond donors (Lipinski definition) is 0. The number of rotatable bonds is 3. The predicted molar refractivity (Wildman–Crippen MR) is 94.2 cm³/mol. The van der Waals surface area contributed by atoms with Crippen LogP contribution in [0.4, 0.5) is 4.39 Å². The summed E-state index contributed by atoms with van der Waals surface area (Å²) < 4.78 is 18.8. The number of benzene rings is 2. The van der Waals surface area contributed by atoms with Crippen LogP contribution >= 0.6 is 11.6 Å². The lowest BCUT2D eigenvalue weighted by atomic mass is 10.1. The van der Waals surface area contributed by atoms with Crippen LogP contribution in [0.5, 0.6) is 0 Å². The molecule has 0 spiro atoms. The van der Waals surface area contributed by atoms with Crippen LogP contribution in [0.2, 0.25) is 5.02 Å². The highest BCUT2D eigenvalue weighted by atomic mass is 35.5. The number of hydrogen-bond acceptors (Lipinski definition) is 4. The second-order valence-corrected chi connectivity index (χ2v) is 6.57. The number of nitrogens with zero attached hydrogens (tertiary/aromatic N) is 3. The van der Waals surface area contributed by atoms with E-state index < -0.39 is 5.82 Å². The summed E-state index contributed by atoms with van der Waals surface area (Å²) in [7, 11) is 0. The highest BCUT2D eigenvalue weighted by Crippen LogP contribution is 2.33. The van der Waals surface area contributed by atoms with Gasteiger partial charge in [0.15, 0.2) is 0 Å². The Bertz CT molecular complexity index is 959. The van der Waals surface area contributed by atoms with Crippen LogP contribution in [-0.2, 0) is 0 Å². The van der Waals surface area contributed by atoms with E-state index in [4.69, 9.17) is 16.1 Å². The Kier molecular flexibility index (Phi) is 4.42. The van der Waals surface area contributed by atoms with E-state index in [-0.39, 0.29) is 11.9 Å². The molecule has 4 rings (SSSR count). The van der Waals surface area contributed by atoms with Gasteiger partial charge in [0, 0.05) is 22.7 Å². The fourth-order valence-electron chi connectivity index (χ4n) is 3.17. The summed E-state index contributed by atoms with van der Waals surface area (Å²) in [5.41, 5.74) is 1.06. The van der Waals surface area contributed by atoms with Gasteiger partial charge in [0.05, 0.1) is 0 Å². The molecule has 7 heteroatoms. The Morgan fingerprint density at radius 2 is 2.08 bits per heavy atom. The van der Waals surface area contributed by atoms with Gasteiger partial charge in [-0.3, -0.25) is 4.79 Å². The summed E-state index contributed by atoms with van der Waals surface area (Å²) in [5, 5.41) is 4.59. The molecule has 3 aromatic rings. The first-order chi connectivity index (χ1) is 12.6. The van der Waals surface area contributed by atoms with E-state index in [0.29, 0.717) is 28.8 Å². The molecule has 1 fully saturated rings. The fourth-order valence-corrected chi connectivity index (χ4v) is 3.36. The smallest absolute Gasteiger partial charge is 0.254 e. The molecule has 132 valence electrons. The SMILES string of the molecule is O=C(c1cccc(F)c1)N1CCCC1c1nc(-c2cccc(Cl)c2)no1. The van der Waals surface area contributed by atoms with Crippen LogP contribution in [0.3, 0.4) is 0 Å². The Labute approximate surface area is 154 Å². The first-order valence-electron chi connectivity index (χ1n) is 8.28. The first kappa shape index (κ1) is 16.7. The van der Waals surface area contributed by atoms with Gasteiger partial charge in [0.1, 0.15) is 11.9 Å². The molecule has 1 aliphatic heterocycles.